The fourth-order valence-electron chi connectivity index (χ4n) is 2.96. The molecule has 0 aromatic heterocycles. The summed E-state index contributed by atoms with van der Waals surface area (Å²) in [6.45, 7) is 1.88. The molecule has 0 radical (unpaired) electrons. The fourth-order valence-corrected chi connectivity index (χ4v) is 3.38. The monoisotopic (exact) mass is 351 g/mol. The van der Waals surface area contributed by atoms with Gasteiger partial charge in [0.25, 0.3) is 5.91 Å². The van der Waals surface area contributed by atoms with Gasteiger partial charge in [-0.3, -0.25) is 4.79 Å². The molecule has 1 aromatic carbocycles. The SMILES string of the molecule is COc1cc(SC)ccc1C(=O)OCC(=O)N[C@@H]1CCCC[C@@H]1C. The van der Waals surface area contributed by atoms with Gasteiger partial charge in [-0.05, 0) is 43.2 Å². The molecule has 0 spiro atoms. The van der Waals surface area contributed by atoms with Crippen LogP contribution in [0, 0.1) is 5.92 Å². The molecule has 1 aromatic rings. The van der Waals surface area contributed by atoms with E-state index in [-0.39, 0.29) is 18.6 Å². The minimum Gasteiger partial charge on any atom is -0.496 e. The van der Waals surface area contributed by atoms with E-state index in [9.17, 15) is 9.59 Å². The van der Waals surface area contributed by atoms with Gasteiger partial charge in [0.15, 0.2) is 6.61 Å². The highest BCUT2D eigenvalue weighted by Crippen LogP contribution is 2.26. The summed E-state index contributed by atoms with van der Waals surface area (Å²) in [7, 11) is 1.51. The molecule has 1 saturated carbocycles. The van der Waals surface area contributed by atoms with Crippen molar-refractivity contribution >= 4 is 23.6 Å². The van der Waals surface area contributed by atoms with Crippen LogP contribution < -0.4 is 10.1 Å². The molecule has 1 aliphatic carbocycles. The third-order valence-electron chi connectivity index (χ3n) is 4.42. The number of hydrogen-bond donors (Lipinski definition) is 1. The normalized spacial score (nSPS) is 20.3. The average Bonchev–Trinajstić information content (AvgIpc) is 2.61. The second-order valence-corrected chi connectivity index (χ2v) is 6.96. The van der Waals surface area contributed by atoms with Crippen molar-refractivity contribution < 1.29 is 19.1 Å². The Bertz CT molecular complexity index is 590. The van der Waals surface area contributed by atoms with Gasteiger partial charge >= 0.3 is 5.97 Å². The molecule has 1 N–H and O–H groups in total. The van der Waals surface area contributed by atoms with Crippen molar-refractivity contribution in [2.45, 2.75) is 43.5 Å². The summed E-state index contributed by atoms with van der Waals surface area (Å²) < 4.78 is 10.4. The number of ether oxygens (including phenoxy) is 2. The second-order valence-electron chi connectivity index (χ2n) is 6.08. The molecule has 6 heteroatoms. The van der Waals surface area contributed by atoms with Crippen LogP contribution in [-0.2, 0) is 9.53 Å². The predicted octanol–water partition coefficient (Wildman–Crippen LogP) is 3.27. The number of esters is 1. The van der Waals surface area contributed by atoms with E-state index in [2.05, 4.69) is 12.2 Å². The van der Waals surface area contributed by atoms with Crippen LogP contribution in [0.3, 0.4) is 0 Å². The van der Waals surface area contributed by atoms with Crippen LogP contribution in [0.5, 0.6) is 5.75 Å². The highest BCUT2D eigenvalue weighted by Gasteiger charge is 2.23. The fraction of sp³-hybridized carbons (Fsp3) is 0.556. The van der Waals surface area contributed by atoms with Crippen LogP contribution >= 0.6 is 11.8 Å². The first-order valence-electron chi connectivity index (χ1n) is 8.23. The van der Waals surface area contributed by atoms with E-state index in [0.717, 1.165) is 24.2 Å². The Morgan fingerprint density at radius 2 is 2.04 bits per heavy atom. The Kier molecular flexibility index (Phi) is 6.97. The molecule has 0 heterocycles. The van der Waals surface area contributed by atoms with Gasteiger partial charge in [-0.2, -0.15) is 0 Å². The number of rotatable bonds is 6. The maximum atomic E-state index is 12.2. The Morgan fingerprint density at radius 1 is 1.29 bits per heavy atom. The van der Waals surface area contributed by atoms with E-state index in [1.54, 1.807) is 23.9 Å². The van der Waals surface area contributed by atoms with E-state index in [1.165, 1.54) is 13.5 Å². The number of methoxy groups -OCH3 is 1. The van der Waals surface area contributed by atoms with Crippen molar-refractivity contribution in [2.75, 3.05) is 20.0 Å². The van der Waals surface area contributed by atoms with Crippen LogP contribution in [0.1, 0.15) is 43.0 Å². The van der Waals surface area contributed by atoms with E-state index in [1.807, 2.05) is 12.3 Å². The zero-order valence-electron chi connectivity index (χ0n) is 14.5. The third kappa shape index (κ3) is 4.90. The first-order chi connectivity index (χ1) is 11.5. The van der Waals surface area contributed by atoms with E-state index in [0.29, 0.717) is 17.2 Å². The van der Waals surface area contributed by atoms with Crippen LogP contribution in [-0.4, -0.2) is 37.9 Å². The largest absolute Gasteiger partial charge is 0.496 e. The lowest BCUT2D eigenvalue weighted by atomic mass is 9.86. The highest BCUT2D eigenvalue weighted by molar-refractivity contribution is 7.98. The number of nitrogens with one attached hydrogen (secondary N) is 1. The molecule has 2 rings (SSSR count). The molecule has 0 aliphatic heterocycles. The molecular formula is C18H25NO4S. The van der Waals surface area contributed by atoms with Gasteiger partial charge in [-0.25, -0.2) is 4.79 Å². The zero-order valence-corrected chi connectivity index (χ0v) is 15.3. The van der Waals surface area contributed by atoms with Crippen molar-refractivity contribution in [1.29, 1.82) is 0 Å². The lowest BCUT2D eigenvalue weighted by molar-refractivity contribution is -0.125. The van der Waals surface area contributed by atoms with Crippen LogP contribution in [0.4, 0.5) is 0 Å². The summed E-state index contributed by atoms with van der Waals surface area (Å²) in [5.41, 5.74) is 0.328. The predicted molar refractivity (Wildman–Crippen MR) is 94.6 cm³/mol. The topological polar surface area (TPSA) is 64.6 Å². The molecule has 2 atom stereocenters. The Morgan fingerprint density at radius 3 is 2.71 bits per heavy atom. The number of amides is 1. The van der Waals surface area contributed by atoms with Crippen molar-refractivity contribution in [1.82, 2.24) is 5.32 Å². The molecular weight excluding hydrogens is 326 g/mol. The number of carbonyl (C=O) groups is 2. The van der Waals surface area contributed by atoms with Gasteiger partial charge in [0, 0.05) is 10.9 Å². The standard InChI is InChI=1S/C18H25NO4S/c1-12-6-4-5-7-15(12)19-17(20)11-23-18(21)14-9-8-13(24-3)10-16(14)22-2/h8-10,12,15H,4-7,11H2,1-3H3,(H,19,20)/t12-,15+/m0/s1. The van der Waals surface area contributed by atoms with E-state index < -0.39 is 5.97 Å². The molecule has 5 nitrogen and oxygen atoms in total. The molecule has 0 bridgehead atoms. The molecule has 1 amide bonds. The molecule has 132 valence electrons. The molecule has 0 unspecified atom stereocenters. The summed E-state index contributed by atoms with van der Waals surface area (Å²) in [5, 5.41) is 2.97. The summed E-state index contributed by atoms with van der Waals surface area (Å²) in [4.78, 5) is 25.2. The maximum absolute atomic E-state index is 12.2. The molecule has 0 saturated heterocycles. The third-order valence-corrected chi connectivity index (χ3v) is 5.15. The molecule has 1 aliphatic rings. The van der Waals surface area contributed by atoms with Crippen molar-refractivity contribution in [2.24, 2.45) is 5.92 Å². The van der Waals surface area contributed by atoms with E-state index in [4.69, 9.17) is 9.47 Å². The lowest BCUT2D eigenvalue weighted by Crippen LogP contribution is -2.42. The summed E-state index contributed by atoms with van der Waals surface area (Å²) in [6.07, 6.45) is 6.42. The van der Waals surface area contributed by atoms with Crippen molar-refractivity contribution in [3.05, 3.63) is 23.8 Å². The van der Waals surface area contributed by atoms with Gasteiger partial charge in [0.1, 0.15) is 11.3 Å². The van der Waals surface area contributed by atoms with Gasteiger partial charge < -0.3 is 14.8 Å². The Labute approximate surface area is 147 Å². The first kappa shape index (κ1) is 18.6. The van der Waals surface area contributed by atoms with Gasteiger partial charge in [-0.15, -0.1) is 11.8 Å². The van der Waals surface area contributed by atoms with Gasteiger partial charge in [0.2, 0.25) is 0 Å². The Balaban J connectivity index is 1.89. The van der Waals surface area contributed by atoms with Gasteiger partial charge in [0.05, 0.1) is 7.11 Å². The number of carbonyl (C=O) groups excluding carboxylic acids is 2. The Hall–Kier alpha value is -1.69. The lowest BCUT2D eigenvalue weighted by Gasteiger charge is -2.29. The summed E-state index contributed by atoms with van der Waals surface area (Å²) >= 11 is 1.56. The summed E-state index contributed by atoms with van der Waals surface area (Å²) in [6, 6.07) is 5.45. The van der Waals surface area contributed by atoms with Crippen LogP contribution in [0.25, 0.3) is 0 Å². The molecule has 1 fully saturated rings. The van der Waals surface area contributed by atoms with Crippen LogP contribution in [0.15, 0.2) is 23.1 Å². The summed E-state index contributed by atoms with van der Waals surface area (Å²) in [5.74, 6) is 0.124. The average molecular weight is 351 g/mol. The minimum absolute atomic E-state index is 0.181. The first-order valence-corrected chi connectivity index (χ1v) is 9.46. The zero-order chi connectivity index (χ0) is 17.5. The van der Waals surface area contributed by atoms with Crippen LogP contribution in [0.2, 0.25) is 0 Å². The molecule has 24 heavy (non-hydrogen) atoms. The number of hydrogen-bond acceptors (Lipinski definition) is 5. The number of thioether (sulfide) groups is 1. The smallest absolute Gasteiger partial charge is 0.342 e. The number of benzene rings is 1. The minimum atomic E-state index is -0.550. The van der Waals surface area contributed by atoms with Gasteiger partial charge in [-0.1, -0.05) is 19.8 Å². The highest BCUT2D eigenvalue weighted by atomic mass is 32.2. The second kappa shape index (κ2) is 8.97. The van der Waals surface area contributed by atoms with Crippen molar-refractivity contribution in [3.63, 3.8) is 0 Å². The van der Waals surface area contributed by atoms with Crippen molar-refractivity contribution in [3.8, 4) is 5.75 Å². The maximum Gasteiger partial charge on any atom is 0.342 e. The quantitative estimate of drug-likeness (QED) is 0.629. The van der Waals surface area contributed by atoms with E-state index >= 15 is 0 Å².